The molecule has 9 nitrogen and oxygen atoms in total. The van der Waals surface area contributed by atoms with E-state index in [9.17, 15) is 18.9 Å². The van der Waals surface area contributed by atoms with Gasteiger partial charge in [-0.3, -0.25) is 18.9 Å². The van der Waals surface area contributed by atoms with Crippen LogP contribution in [0.25, 0.3) is 22.2 Å². The topological polar surface area (TPSA) is 112 Å². The Labute approximate surface area is 307 Å². The molecule has 1 saturated heterocycles. The Hall–Kier alpha value is -3.81. The normalized spacial score (nSPS) is 25.0. The monoisotopic (exact) mass is 728 g/mol. The van der Waals surface area contributed by atoms with E-state index in [2.05, 4.69) is 6.58 Å². The summed E-state index contributed by atoms with van der Waals surface area (Å²) in [4.78, 5) is 49.0. The number of benzene rings is 2. The van der Waals surface area contributed by atoms with E-state index in [1.165, 1.54) is 7.11 Å². The molecule has 278 valence electrons. The first kappa shape index (κ1) is 37.9. The average molecular weight is 729 g/mol. The number of ketones is 1. The number of carbonyl (C=O) groups is 3. The van der Waals surface area contributed by atoms with Crippen LogP contribution in [-0.2, 0) is 28.2 Å². The lowest BCUT2D eigenvalue weighted by Crippen LogP contribution is -2.48. The second-order valence-electron chi connectivity index (χ2n) is 16.2. The average Bonchev–Trinajstić information content (AvgIpc) is 3.38. The van der Waals surface area contributed by atoms with E-state index in [0.29, 0.717) is 12.2 Å². The van der Waals surface area contributed by atoms with Crippen molar-refractivity contribution in [2.45, 2.75) is 102 Å². The van der Waals surface area contributed by atoms with Crippen molar-refractivity contribution in [1.29, 1.82) is 0 Å². The molecule has 0 radical (unpaired) electrons. The molecule has 3 fully saturated rings. The van der Waals surface area contributed by atoms with Crippen LogP contribution in [0, 0.1) is 24.2 Å². The minimum atomic E-state index is -3.19. The Kier molecular flexibility index (Phi) is 10.9. The summed E-state index contributed by atoms with van der Waals surface area (Å²) in [5, 5.41) is -0.0232. The lowest BCUT2D eigenvalue weighted by Gasteiger charge is -2.35. The third-order valence-electron chi connectivity index (χ3n) is 11.5. The highest BCUT2D eigenvalue weighted by Crippen LogP contribution is 2.73. The minimum absolute atomic E-state index is 0.00794. The molecule has 2 aromatic carbocycles. The number of allylic oxidation sites excluding steroid dienone is 1. The first-order chi connectivity index (χ1) is 24.7. The Morgan fingerprint density at radius 1 is 1.08 bits per heavy atom. The first-order valence-corrected chi connectivity index (χ1v) is 20.6. The molecule has 1 unspecified atom stereocenters. The molecule has 3 aliphatic rings. The molecular formula is C42H53N2O7P. The Morgan fingerprint density at radius 2 is 1.79 bits per heavy atom. The maximum Gasteiger partial charge on any atom is 0.306 e. The van der Waals surface area contributed by atoms with E-state index in [1.807, 2.05) is 82.3 Å². The van der Waals surface area contributed by atoms with Crippen molar-refractivity contribution >= 4 is 35.9 Å². The zero-order chi connectivity index (χ0) is 37.4. The number of carbonyl (C=O) groups excluding carboxylic acids is 3. The Balaban J connectivity index is 1.33. The molecule has 52 heavy (non-hydrogen) atoms. The molecule has 6 atom stereocenters. The lowest BCUT2D eigenvalue weighted by molar-refractivity contribution is -0.156. The van der Waals surface area contributed by atoms with Gasteiger partial charge in [-0.2, -0.15) is 0 Å². The molecule has 1 aromatic heterocycles. The number of aryl methyl sites for hydroxylation is 1. The van der Waals surface area contributed by atoms with Crippen molar-refractivity contribution in [3.8, 4) is 17.0 Å². The highest BCUT2D eigenvalue weighted by Gasteiger charge is 2.64. The first-order valence-electron chi connectivity index (χ1n) is 18.6. The third-order valence-corrected chi connectivity index (χ3v) is 14.5. The molecule has 0 N–H and O–H groups in total. The fraction of sp³-hybridized carbons (Fsp3) is 0.524. The number of Topliss-reactive ketones (excluding diaryl/α,β-unsaturated/α-hetero) is 1. The standard InChI is InChI=1S/C42H53N2O7P/c1-8-29-24-42(29,52(7,48)49-6)25-37(45)36-21-31(26-44(36)40(47)33(41(3,4)5)22-39(46)51-30-16-12-13-17-30)50-38-23-34(28-14-10-9-11-15-28)43-35-20-27(2)18-19-32(35)38/h8-11,14-15,18-20,23,29-31,33,36H,1,12-13,16-17,21-22,24-26H2,2-7H3/t29-,31-,33-,36+,42-,52?/m1/s1. The number of ether oxygens (including phenoxy) is 2. The van der Waals surface area contributed by atoms with Crippen LogP contribution in [0.15, 0.2) is 67.3 Å². The largest absolute Gasteiger partial charge is 0.488 e. The van der Waals surface area contributed by atoms with Crippen molar-refractivity contribution in [3.63, 3.8) is 0 Å². The number of aromatic nitrogens is 1. The predicted octanol–water partition coefficient (Wildman–Crippen LogP) is 8.55. The van der Waals surface area contributed by atoms with Crippen LogP contribution in [0.2, 0.25) is 0 Å². The molecule has 2 heterocycles. The van der Waals surface area contributed by atoms with Gasteiger partial charge in [0, 0.05) is 43.6 Å². The molecule has 0 spiro atoms. The van der Waals surface area contributed by atoms with Crippen molar-refractivity contribution in [2.24, 2.45) is 17.3 Å². The molecule has 0 bridgehead atoms. The molecule has 10 heteroatoms. The third kappa shape index (κ3) is 7.77. The number of nitrogens with zero attached hydrogens (tertiary/aromatic N) is 2. The number of amides is 1. The Bertz CT molecular complexity index is 1880. The van der Waals surface area contributed by atoms with Crippen LogP contribution >= 0.6 is 7.37 Å². The zero-order valence-corrected chi connectivity index (χ0v) is 32.3. The highest BCUT2D eigenvalue weighted by molar-refractivity contribution is 7.60. The summed E-state index contributed by atoms with van der Waals surface area (Å²) in [6, 6.07) is 17.0. The summed E-state index contributed by atoms with van der Waals surface area (Å²) in [6.07, 6.45) is 5.55. The van der Waals surface area contributed by atoms with Crippen LogP contribution in [0.4, 0.5) is 0 Å². The van der Waals surface area contributed by atoms with Gasteiger partial charge in [-0.15, -0.1) is 6.58 Å². The quantitative estimate of drug-likeness (QED) is 0.0978. The fourth-order valence-electron chi connectivity index (χ4n) is 8.18. The molecule has 2 aliphatic carbocycles. The fourth-order valence-corrected chi connectivity index (χ4v) is 10.2. The second-order valence-corrected chi connectivity index (χ2v) is 19.2. The predicted molar refractivity (Wildman–Crippen MR) is 204 cm³/mol. The zero-order valence-electron chi connectivity index (χ0n) is 31.4. The van der Waals surface area contributed by atoms with Crippen molar-refractivity contribution < 1.29 is 32.9 Å². The van der Waals surface area contributed by atoms with E-state index < -0.39 is 36.0 Å². The van der Waals surface area contributed by atoms with Crippen LogP contribution in [0.3, 0.4) is 0 Å². The summed E-state index contributed by atoms with van der Waals surface area (Å²) in [5.74, 6) is -1.09. The number of rotatable bonds is 13. The number of hydrogen-bond acceptors (Lipinski definition) is 8. The number of fused-ring (bicyclic) bond motifs is 1. The van der Waals surface area contributed by atoms with E-state index >= 15 is 0 Å². The minimum Gasteiger partial charge on any atom is -0.488 e. The molecule has 2 saturated carbocycles. The van der Waals surface area contributed by atoms with Gasteiger partial charge in [0.05, 0.1) is 41.3 Å². The van der Waals surface area contributed by atoms with Gasteiger partial charge in [0.1, 0.15) is 18.0 Å². The summed E-state index contributed by atoms with van der Waals surface area (Å²) in [7, 11) is -1.77. The SMILES string of the molecule is C=C[C@@H]1C[C@]1(CC(=O)[C@@H]1C[C@@H](Oc2cc(-c3ccccc3)nc3cc(C)ccc23)CN1C(=O)[C@@H](CC(=O)OC1CCCC1)C(C)(C)C)P(C)(=O)OC. The van der Waals surface area contributed by atoms with E-state index in [0.717, 1.165) is 53.4 Å². The van der Waals surface area contributed by atoms with E-state index in [4.69, 9.17) is 19.0 Å². The number of hydrogen-bond donors (Lipinski definition) is 0. The number of likely N-dealkylation sites (tertiary alicyclic amines) is 1. The van der Waals surface area contributed by atoms with Crippen molar-refractivity contribution in [3.05, 3.63) is 72.8 Å². The van der Waals surface area contributed by atoms with Crippen molar-refractivity contribution in [1.82, 2.24) is 9.88 Å². The summed E-state index contributed by atoms with van der Waals surface area (Å²) in [6.45, 7) is 13.5. The summed E-state index contributed by atoms with van der Waals surface area (Å²) < 4.78 is 31.8. The van der Waals surface area contributed by atoms with Crippen LogP contribution in [0.1, 0.15) is 77.7 Å². The highest BCUT2D eigenvalue weighted by atomic mass is 31.2. The van der Waals surface area contributed by atoms with Gasteiger partial charge in [0.15, 0.2) is 5.78 Å². The van der Waals surface area contributed by atoms with Crippen LogP contribution in [0.5, 0.6) is 5.75 Å². The summed E-state index contributed by atoms with van der Waals surface area (Å²) in [5.41, 5.74) is 2.95. The number of esters is 1. The van der Waals surface area contributed by atoms with E-state index in [-0.39, 0.29) is 55.5 Å². The van der Waals surface area contributed by atoms with Crippen molar-refractivity contribution in [2.75, 3.05) is 20.3 Å². The Morgan fingerprint density at radius 3 is 2.42 bits per heavy atom. The molecule has 1 amide bonds. The van der Waals surface area contributed by atoms with Gasteiger partial charge in [0.25, 0.3) is 0 Å². The van der Waals surface area contributed by atoms with Gasteiger partial charge < -0.3 is 18.9 Å². The van der Waals surface area contributed by atoms with Gasteiger partial charge in [-0.1, -0.05) is 63.2 Å². The molecule has 6 rings (SSSR count). The summed E-state index contributed by atoms with van der Waals surface area (Å²) >= 11 is 0. The maximum absolute atomic E-state index is 14.7. The number of pyridine rings is 1. The van der Waals surface area contributed by atoms with Crippen LogP contribution in [-0.4, -0.2) is 71.3 Å². The molecular weight excluding hydrogens is 675 g/mol. The maximum atomic E-state index is 14.7. The van der Waals surface area contributed by atoms with E-state index in [1.54, 1.807) is 17.6 Å². The van der Waals surface area contributed by atoms with Crippen LogP contribution < -0.4 is 4.74 Å². The lowest BCUT2D eigenvalue weighted by atomic mass is 9.77. The van der Waals surface area contributed by atoms with Gasteiger partial charge in [0.2, 0.25) is 13.3 Å². The molecule has 1 aliphatic heterocycles. The smallest absolute Gasteiger partial charge is 0.306 e. The van der Waals surface area contributed by atoms with Gasteiger partial charge in [-0.25, -0.2) is 4.98 Å². The molecule has 3 aromatic rings. The van der Waals surface area contributed by atoms with Gasteiger partial charge >= 0.3 is 5.97 Å². The second kappa shape index (κ2) is 14.9. The van der Waals surface area contributed by atoms with Gasteiger partial charge in [-0.05, 0) is 68.1 Å².